The first-order valence-electron chi connectivity index (χ1n) is 18.2. The van der Waals surface area contributed by atoms with E-state index >= 15 is 0 Å². The summed E-state index contributed by atoms with van der Waals surface area (Å²) >= 11 is 0. The maximum atomic E-state index is 9.44. The molecule has 2 nitrogen and oxygen atoms in total. The predicted molar refractivity (Wildman–Crippen MR) is 205 cm³/mol. The molecule has 0 spiro atoms. The number of fused-ring (bicyclic) bond motifs is 4. The topological polar surface area (TPSA) is 8.17 Å². The van der Waals surface area contributed by atoms with Crippen molar-refractivity contribution in [2.24, 2.45) is 0 Å². The molecule has 0 unspecified atom stereocenters. The summed E-state index contributed by atoms with van der Waals surface area (Å²) in [6, 6.07) is 52.7. The first kappa shape index (κ1) is 23.0. The zero-order chi connectivity index (χ0) is 35.1. The number of hydrogen-bond donors (Lipinski definition) is 0. The third-order valence-electron chi connectivity index (χ3n) is 9.56. The van der Waals surface area contributed by atoms with Gasteiger partial charge in [-0.05, 0) is 98.7 Å². The van der Waals surface area contributed by atoms with Gasteiger partial charge in [0.25, 0.3) is 0 Å². The van der Waals surface area contributed by atoms with Crippen molar-refractivity contribution in [2.75, 3.05) is 4.90 Å². The van der Waals surface area contributed by atoms with Gasteiger partial charge in [-0.1, -0.05) is 121 Å². The fourth-order valence-electron chi connectivity index (χ4n) is 7.50. The van der Waals surface area contributed by atoms with Gasteiger partial charge in [-0.25, -0.2) is 0 Å². The number of rotatable bonds is 5. The van der Waals surface area contributed by atoms with E-state index in [0.717, 1.165) is 60.4 Å². The lowest BCUT2D eigenvalue weighted by Gasteiger charge is -2.25. The highest BCUT2D eigenvalue weighted by molar-refractivity contribution is 6.32. The first-order valence-corrected chi connectivity index (χ1v) is 16.2. The minimum atomic E-state index is -0.0940. The van der Waals surface area contributed by atoms with Gasteiger partial charge in [0.15, 0.2) is 0 Å². The Bertz CT molecular complexity index is 2920. The zero-order valence-electron chi connectivity index (χ0n) is 29.9. The lowest BCUT2D eigenvalue weighted by molar-refractivity contribution is 1.19. The molecule has 0 N–H and O–H groups in total. The fourth-order valence-corrected chi connectivity index (χ4v) is 7.50. The van der Waals surface area contributed by atoms with Gasteiger partial charge >= 0.3 is 0 Å². The summed E-state index contributed by atoms with van der Waals surface area (Å²) in [5.41, 5.74) is 6.06. The highest BCUT2D eigenvalue weighted by atomic mass is 15.1. The quantitative estimate of drug-likeness (QED) is 0.175. The van der Waals surface area contributed by atoms with E-state index < -0.39 is 0 Å². The van der Waals surface area contributed by atoms with Gasteiger partial charge in [0, 0.05) is 38.9 Å². The minimum Gasteiger partial charge on any atom is -0.311 e. The Balaban J connectivity index is 1.26. The largest absolute Gasteiger partial charge is 0.311 e. The predicted octanol–water partition coefficient (Wildman–Crippen LogP) is 12.8. The van der Waals surface area contributed by atoms with E-state index in [1.165, 1.54) is 10.8 Å². The van der Waals surface area contributed by atoms with Gasteiger partial charge in [0.1, 0.15) is 0 Å². The average Bonchev–Trinajstić information content (AvgIpc) is 3.53. The van der Waals surface area contributed by atoms with Gasteiger partial charge in [-0.15, -0.1) is 0 Å². The Morgan fingerprint density at radius 3 is 1.75 bits per heavy atom. The summed E-state index contributed by atoms with van der Waals surface area (Å²) in [5.74, 6) is 0. The molecule has 0 radical (unpaired) electrons. The second-order valence-corrected chi connectivity index (χ2v) is 12.2. The Labute approximate surface area is 284 Å². The molecule has 0 amide bonds. The van der Waals surface area contributed by atoms with Gasteiger partial charge in [0.2, 0.25) is 0 Å². The molecular weight excluding hydrogens is 581 g/mol. The van der Waals surface area contributed by atoms with Crippen LogP contribution in [-0.2, 0) is 0 Å². The summed E-state index contributed by atoms with van der Waals surface area (Å²) in [4.78, 5) is 1.81. The SMILES string of the molecule is [2H]c1c([2H])c(N(c2ccccc2)c2ccccc2)c([2H])c([2H])c1-c1ccc2ccc3cc4c5ccccc5n(-c5ccccc5)c4c4ccc1c2c34. The third-order valence-corrected chi connectivity index (χ3v) is 9.56. The molecule has 10 rings (SSSR count). The van der Waals surface area contributed by atoms with Crippen LogP contribution in [0.1, 0.15) is 5.48 Å². The average molecular weight is 615 g/mol. The van der Waals surface area contributed by atoms with Gasteiger partial charge in [-0.2, -0.15) is 0 Å². The second-order valence-electron chi connectivity index (χ2n) is 12.2. The van der Waals surface area contributed by atoms with E-state index in [1.807, 2.05) is 83.8 Å². The van der Waals surface area contributed by atoms with Gasteiger partial charge in [-0.3, -0.25) is 0 Å². The molecule has 224 valence electrons. The van der Waals surface area contributed by atoms with E-state index in [1.54, 1.807) is 0 Å². The Morgan fingerprint density at radius 1 is 0.438 bits per heavy atom. The Morgan fingerprint density at radius 2 is 1.02 bits per heavy atom. The minimum absolute atomic E-state index is 0.0745. The summed E-state index contributed by atoms with van der Waals surface area (Å²) in [6.07, 6.45) is 0. The molecular formula is C46H30N2. The fraction of sp³-hybridized carbons (Fsp3) is 0. The number of nitrogens with zero attached hydrogens (tertiary/aromatic N) is 2. The van der Waals surface area contributed by atoms with Crippen LogP contribution in [0.5, 0.6) is 0 Å². The normalized spacial score (nSPS) is 12.9. The van der Waals surface area contributed by atoms with Crippen LogP contribution in [0.4, 0.5) is 17.1 Å². The molecule has 0 saturated carbocycles. The monoisotopic (exact) mass is 614 g/mol. The van der Waals surface area contributed by atoms with Crippen LogP contribution in [0.3, 0.4) is 0 Å². The van der Waals surface area contributed by atoms with Crippen LogP contribution in [-0.4, -0.2) is 4.57 Å². The van der Waals surface area contributed by atoms with Crippen molar-refractivity contribution in [1.29, 1.82) is 0 Å². The zero-order valence-corrected chi connectivity index (χ0v) is 25.9. The van der Waals surface area contributed by atoms with E-state index in [-0.39, 0.29) is 29.9 Å². The third kappa shape index (κ3) is 4.00. The summed E-state index contributed by atoms with van der Waals surface area (Å²) in [7, 11) is 0. The number of hydrogen-bond acceptors (Lipinski definition) is 1. The molecule has 0 aliphatic heterocycles. The van der Waals surface area contributed by atoms with Crippen molar-refractivity contribution in [1.82, 2.24) is 4.57 Å². The van der Waals surface area contributed by atoms with E-state index in [0.29, 0.717) is 11.1 Å². The number of benzene rings is 9. The maximum Gasteiger partial charge on any atom is 0.0645 e. The van der Waals surface area contributed by atoms with Crippen LogP contribution in [0.15, 0.2) is 182 Å². The molecule has 9 aromatic carbocycles. The van der Waals surface area contributed by atoms with Crippen LogP contribution in [0, 0.1) is 0 Å². The molecule has 1 heterocycles. The molecule has 0 atom stereocenters. The molecule has 0 aliphatic carbocycles. The van der Waals surface area contributed by atoms with Crippen LogP contribution in [0.25, 0.3) is 70.9 Å². The van der Waals surface area contributed by atoms with E-state index in [9.17, 15) is 5.48 Å². The number of para-hydroxylation sites is 4. The van der Waals surface area contributed by atoms with Crippen molar-refractivity contribution in [3.63, 3.8) is 0 Å². The summed E-state index contributed by atoms with van der Waals surface area (Å²) in [5, 5.41) is 8.74. The lowest BCUT2D eigenvalue weighted by atomic mass is 9.89. The molecule has 48 heavy (non-hydrogen) atoms. The molecule has 0 aliphatic rings. The van der Waals surface area contributed by atoms with Crippen molar-refractivity contribution in [3.05, 3.63) is 182 Å². The molecule has 1 aromatic heterocycles. The summed E-state index contributed by atoms with van der Waals surface area (Å²) in [6.45, 7) is 0. The highest BCUT2D eigenvalue weighted by Gasteiger charge is 2.20. The maximum absolute atomic E-state index is 9.44. The van der Waals surface area contributed by atoms with Crippen molar-refractivity contribution in [2.45, 2.75) is 0 Å². The van der Waals surface area contributed by atoms with Crippen LogP contribution < -0.4 is 4.90 Å². The van der Waals surface area contributed by atoms with Crippen molar-refractivity contribution in [3.8, 4) is 16.8 Å². The Hall–Kier alpha value is -6.38. The summed E-state index contributed by atoms with van der Waals surface area (Å²) < 4.78 is 40.0. The molecule has 0 fully saturated rings. The molecule has 2 heteroatoms. The first-order chi connectivity index (χ1) is 25.5. The Kier molecular flexibility index (Phi) is 5.08. The van der Waals surface area contributed by atoms with Gasteiger partial charge < -0.3 is 9.47 Å². The highest BCUT2D eigenvalue weighted by Crippen LogP contribution is 2.45. The second kappa shape index (κ2) is 10.6. The van der Waals surface area contributed by atoms with Crippen molar-refractivity contribution >= 4 is 71.2 Å². The number of anilines is 3. The van der Waals surface area contributed by atoms with Gasteiger partial charge in [0.05, 0.1) is 16.5 Å². The van der Waals surface area contributed by atoms with Crippen molar-refractivity contribution < 1.29 is 5.48 Å². The molecule has 0 bridgehead atoms. The van der Waals surface area contributed by atoms with E-state index in [2.05, 4.69) is 83.4 Å². The smallest absolute Gasteiger partial charge is 0.0645 e. The number of aromatic nitrogens is 1. The van der Waals surface area contributed by atoms with Crippen LogP contribution >= 0.6 is 0 Å². The molecule has 10 aromatic rings. The van der Waals surface area contributed by atoms with E-state index in [4.69, 9.17) is 0 Å². The van der Waals surface area contributed by atoms with Crippen LogP contribution in [0.2, 0.25) is 0 Å². The standard InChI is InChI=1S/C46H30N2/c1-4-12-34(13-5-1)47(35-14-6-2-7-15-35)37-25-22-31(23-26-37)38-27-24-32-20-21-33-30-42-39-18-10-11-19-43(39)48(36-16-8-3-9-17-36)46(42)41-29-28-40(38)44(32)45(33)41/h1-30H/i22D,23D,25D,26D. The lowest BCUT2D eigenvalue weighted by Crippen LogP contribution is -2.09. The molecule has 0 saturated heterocycles.